The van der Waals surface area contributed by atoms with Crippen LogP contribution in [-0.4, -0.2) is 31.8 Å². The number of carbonyl (C=O) groups excluding carboxylic acids is 2. The van der Waals surface area contributed by atoms with Crippen molar-refractivity contribution < 1.29 is 9.59 Å². The highest BCUT2D eigenvalue weighted by molar-refractivity contribution is 9.10. The van der Waals surface area contributed by atoms with E-state index in [0.29, 0.717) is 5.69 Å². The highest BCUT2D eigenvalue weighted by Crippen LogP contribution is 2.18. The van der Waals surface area contributed by atoms with Crippen LogP contribution in [0, 0.1) is 6.92 Å². The molecule has 2 aromatic carbocycles. The number of carbonyl (C=O) groups is 2. The fraction of sp³-hybridized carbons (Fsp3) is 0.100. The summed E-state index contributed by atoms with van der Waals surface area (Å²) < 4.78 is 2.45. The van der Waals surface area contributed by atoms with Crippen molar-refractivity contribution in [2.45, 2.75) is 13.3 Å². The standard InChI is InChI=1S/C20H17BrN6O2/c1-12-19(24-26-27(12)15-6-4-5-14(21)10-15)20(29)25-23-18(28)9-13-11-22-17-8-3-2-7-16(13)17/h2-8,10-11,22H,9H2,1H3,(H,23,28)(H,25,29). The molecule has 0 saturated carbocycles. The molecule has 2 aromatic heterocycles. The molecular formula is C20H17BrN6O2. The number of aromatic amines is 1. The fourth-order valence-corrected chi connectivity index (χ4v) is 3.46. The van der Waals surface area contributed by atoms with Crippen molar-refractivity contribution in [2.75, 3.05) is 0 Å². The molecule has 29 heavy (non-hydrogen) atoms. The number of para-hydroxylation sites is 1. The van der Waals surface area contributed by atoms with E-state index in [9.17, 15) is 9.59 Å². The van der Waals surface area contributed by atoms with Crippen LogP contribution >= 0.6 is 15.9 Å². The third kappa shape index (κ3) is 3.90. The Morgan fingerprint density at radius 1 is 1.14 bits per heavy atom. The summed E-state index contributed by atoms with van der Waals surface area (Å²) in [6.07, 6.45) is 1.92. The number of nitrogens with zero attached hydrogens (tertiary/aromatic N) is 3. The maximum absolute atomic E-state index is 12.4. The number of nitrogens with one attached hydrogen (secondary N) is 3. The molecule has 0 spiro atoms. The SMILES string of the molecule is Cc1c(C(=O)NNC(=O)Cc2c[nH]c3ccccc23)nnn1-c1cccc(Br)c1. The average Bonchev–Trinajstić information content (AvgIpc) is 3.30. The smallest absolute Gasteiger partial charge is 0.292 e. The number of halogens is 1. The first kappa shape index (κ1) is 18.9. The second-order valence-corrected chi connectivity index (χ2v) is 7.37. The Balaban J connectivity index is 1.41. The maximum Gasteiger partial charge on any atom is 0.292 e. The van der Waals surface area contributed by atoms with E-state index in [4.69, 9.17) is 0 Å². The van der Waals surface area contributed by atoms with E-state index in [1.165, 1.54) is 0 Å². The van der Waals surface area contributed by atoms with Crippen LogP contribution in [0.4, 0.5) is 0 Å². The maximum atomic E-state index is 12.4. The molecular weight excluding hydrogens is 436 g/mol. The highest BCUT2D eigenvalue weighted by atomic mass is 79.9. The van der Waals surface area contributed by atoms with Gasteiger partial charge in [0.25, 0.3) is 5.91 Å². The summed E-state index contributed by atoms with van der Waals surface area (Å²) in [4.78, 5) is 27.8. The number of amides is 2. The predicted molar refractivity (Wildman–Crippen MR) is 111 cm³/mol. The van der Waals surface area contributed by atoms with E-state index in [2.05, 4.69) is 42.1 Å². The van der Waals surface area contributed by atoms with Crippen molar-refractivity contribution in [3.63, 3.8) is 0 Å². The van der Waals surface area contributed by atoms with Gasteiger partial charge >= 0.3 is 0 Å². The van der Waals surface area contributed by atoms with Gasteiger partial charge in [-0.25, -0.2) is 4.68 Å². The van der Waals surface area contributed by atoms with E-state index in [1.807, 2.05) is 48.5 Å². The Labute approximate surface area is 174 Å². The molecule has 2 amide bonds. The normalized spacial score (nSPS) is 10.8. The molecule has 0 aliphatic rings. The molecule has 146 valence electrons. The van der Waals surface area contributed by atoms with Gasteiger partial charge in [-0.2, -0.15) is 0 Å². The third-order valence-electron chi connectivity index (χ3n) is 4.50. The lowest BCUT2D eigenvalue weighted by Crippen LogP contribution is -2.42. The molecule has 0 atom stereocenters. The van der Waals surface area contributed by atoms with Crippen molar-refractivity contribution in [1.29, 1.82) is 0 Å². The Hall–Kier alpha value is -3.46. The molecule has 0 aliphatic carbocycles. The Morgan fingerprint density at radius 3 is 2.79 bits per heavy atom. The van der Waals surface area contributed by atoms with E-state index in [1.54, 1.807) is 17.8 Å². The molecule has 4 rings (SSSR count). The Bertz CT molecular complexity index is 1210. The van der Waals surface area contributed by atoms with E-state index < -0.39 is 5.91 Å². The van der Waals surface area contributed by atoms with Gasteiger partial charge in [-0.05, 0) is 36.8 Å². The molecule has 0 unspecified atom stereocenters. The van der Waals surface area contributed by atoms with Gasteiger partial charge in [0.1, 0.15) is 0 Å². The number of fused-ring (bicyclic) bond motifs is 1. The minimum absolute atomic E-state index is 0.133. The second kappa shape index (κ2) is 7.88. The highest BCUT2D eigenvalue weighted by Gasteiger charge is 2.18. The monoisotopic (exact) mass is 452 g/mol. The average molecular weight is 453 g/mol. The summed E-state index contributed by atoms with van der Waals surface area (Å²) in [7, 11) is 0. The lowest BCUT2D eigenvalue weighted by molar-refractivity contribution is -0.121. The first-order chi connectivity index (χ1) is 14.0. The van der Waals surface area contributed by atoms with Gasteiger partial charge in [-0.15, -0.1) is 5.10 Å². The van der Waals surface area contributed by atoms with Crippen LogP contribution in [0.5, 0.6) is 0 Å². The van der Waals surface area contributed by atoms with Crippen molar-refractivity contribution >= 4 is 38.6 Å². The molecule has 8 nitrogen and oxygen atoms in total. The van der Waals surface area contributed by atoms with Crippen LogP contribution in [0.25, 0.3) is 16.6 Å². The number of hydrogen-bond donors (Lipinski definition) is 3. The summed E-state index contributed by atoms with van der Waals surface area (Å²) >= 11 is 3.41. The zero-order valence-electron chi connectivity index (χ0n) is 15.4. The molecule has 4 aromatic rings. The molecule has 0 radical (unpaired) electrons. The minimum Gasteiger partial charge on any atom is -0.361 e. The van der Waals surface area contributed by atoms with Crippen LogP contribution in [-0.2, 0) is 11.2 Å². The lowest BCUT2D eigenvalue weighted by atomic mass is 10.1. The Morgan fingerprint density at radius 2 is 1.97 bits per heavy atom. The van der Waals surface area contributed by atoms with Gasteiger partial charge in [0, 0.05) is 21.6 Å². The summed E-state index contributed by atoms with van der Waals surface area (Å²) in [6, 6.07) is 15.2. The largest absolute Gasteiger partial charge is 0.361 e. The molecule has 0 fully saturated rings. The van der Waals surface area contributed by atoms with Gasteiger partial charge in [0.15, 0.2) is 5.69 Å². The van der Waals surface area contributed by atoms with Crippen molar-refractivity contribution in [1.82, 2.24) is 30.8 Å². The topological polar surface area (TPSA) is 105 Å². The fourth-order valence-electron chi connectivity index (χ4n) is 3.07. The molecule has 3 N–H and O–H groups in total. The molecule has 0 saturated heterocycles. The number of hydrazine groups is 1. The van der Waals surface area contributed by atoms with E-state index >= 15 is 0 Å². The van der Waals surface area contributed by atoms with Gasteiger partial charge in [-0.1, -0.05) is 45.4 Å². The van der Waals surface area contributed by atoms with Gasteiger partial charge in [-0.3, -0.25) is 20.4 Å². The lowest BCUT2D eigenvalue weighted by Gasteiger charge is -2.07. The predicted octanol–water partition coefficient (Wildman–Crippen LogP) is 2.82. The first-order valence-corrected chi connectivity index (χ1v) is 9.64. The van der Waals surface area contributed by atoms with Crippen molar-refractivity contribution in [2.24, 2.45) is 0 Å². The van der Waals surface area contributed by atoms with Crippen LogP contribution in [0.15, 0.2) is 59.2 Å². The van der Waals surface area contributed by atoms with Crippen LogP contribution in [0.1, 0.15) is 21.7 Å². The summed E-state index contributed by atoms with van der Waals surface area (Å²) in [5, 5.41) is 8.96. The number of benzene rings is 2. The van der Waals surface area contributed by atoms with Crippen LogP contribution in [0.3, 0.4) is 0 Å². The van der Waals surface area contributed by atoms with E-state index in [-0.39, 0.29) is 18.0 Å². The minimum atomic E-state index is -0.531. The summed E-state index contributed by atoms with van der Waals surface area (Å²) in [5.74, 6) is -0.865. The van der Waals surface area contributed by atoms with Crippen LogP contribution in [0.2, 0.25) is 0 Å². The quantitative estimate of drug-likeness (QED) is 0.414. The molecule has 0 bridgehead atoms. The summed E-state index contributed by atoms with van der Waals surface area (Å²) in [6.45, 7) is 1.74. The zero-order valence-corrected chi connectivity index (χ0v) is 17.0. The number of H-pyrrole nitrogens is 1. The Kier molecular flexibility index (Phi) is 5.13. The van der Waals surface area contributed by atoms with Gasteiger partial charge in [0.2, 0.25) is 5.91 Å². The number of aromatic nitrogens is 4. The zero-order chi connectivity index (χ0) is 20.4. The third-order valence-corrected chi connectivity index (χ3v) is 5.00. The van der Waals surface area contributed by atoms with E-state index in [0.717, 1.165) is 26.6 Å². The summed E-state index contributed by atoms with van der Waals surface area (Å²) in [5.41, 5.74) is 8.11. The van der Waals surface area contributed by atoms with Gasteiger partial charge < -0.3 is 4.98 Å². The van der Waals surface area contributed by atoms with Crippen molar-refractivity contribution in [3.8, 4) is 5.69 Å². The number of rotatable bonds is 4. The number of hydrogen-bond acceptors (Lipinski definition) is 4. The van der Waals surface area contributed by atoms with Crippen LogP contribution < -0.4 is 10.9 Å². The molecule has 9 heteroatoms. The second-order valence-electron chi connectivity index (χ2n) is 6.45. The van der Waals surface area contributed by atoms with Crippen molar-refractivity contribution in [3.05, 3.63) is 76.2 Å². The van der Waals surface area contributed by atoms with Gasteiger partial charge in [0.05, 0.1) is 17.8 Å². The first-order valence-electron chi connectivity index (χ1n) is 8.85. The molecule has 2 heterocycles. The molecule has 0 aliphatic heterocycles.